The number of nitrogens with zero attached hydrogens (tertiary/aromatic N) is 4. The number of aromatic nitrogens is 2. The third-order valence-electron chi connectivity index (χ3n) is 4.30. The highest BCUT2D eigenvalue weighted by molar-refractivity contribution is 5.92. The third-order valence-corrected chi connectivity index (χ3v) is 4.30. The van der Waals surface area contributed by atoms with Crippen molar-refractivity contribution in [2.45, 2.75) is 31.8 Å². The van der Waals surface area contributed by atoms with Gasteiger partial charge in [-0.1, -0.05) is 0 Å². The molecule has 1 N–H and O–H groups in total. The quantitative estimate of drug-likeness (QED) is 0.831. The number of fused-ring (bicyclic) bond motifs is 1. The molecule has 1 aromatic heterocycles. The zero-order valence-electron chi connectivity index (χ0n) is 12.2. The first-order chi connectivity index (χ1) is 10.1. The Bertz CT molecular complexity index is 559. The molecule has 7 nitrogen and oxygen atoms in total. The van der Waals surface area contributed by atoms with Crippen LogP contribution in [0.5, 0.6) is 0 Å². The van der Waals surface area contributed by atoms with Crippen LogP contribution in [0.4, 0.5) is 5.82 Å². The number of anilines is 1. The molecule has 0 aliphatic carbocycles. The van der Waals surface area contributed by atoms with Crippen molar-refractivity contribution in [1.29, 1.82) is 0 Å². The number of nitrogens with one attached hydrogen (secondary N) is 1. The number of rotatable bonds is 2. The second-order valence-corrected chi connectivity index (χ2v) is 5.51. The summed E-state index contributed by atoms with van der Waals surface area (Å²) in [7, 11) is 1.55. The van der Waals surface area contributed by atoms with Crippen LogP contribution in [-0.2, 0) is 4.79 Å². The summed E-state index contributed by atoms with van der Waals surface area (Å²) in [5.41, 5.74) is 0.278. The number of carbonyl (C=O) groups is 2. The first kappa shape index (κ1) is 13.8. The molecule has 0 spiro atoms. The van der Waals surface area contributed by atoms with Gasteiger partial charge in [-0.25, -0.2) is 0 Å². The summed E-state index contributed by atoms with van der Waals surface area (Å²) >= 11 is 0. The highest BCUT2D eigenvalue weighted by atomic mass is 16.2. The Morgan fingerprint density at radius 2 is 2.14 bits per heavy atom. The molecule has 2 saturated heterocycles. The van der Waals surface area contributed by atoms with E-state index in [1.54, 1.807) is 19.2 Å². The molecule has 3 rings (SSSR count). The molecule has 112 valence electrons. The molecule has 2 aliphatic rings. The molecule has 21 heavy (non-hydrogen) atoms. The smallest absolute Gasteiger partial charge is 0.271 e. The zero-order valence-corrected chi connectivity index (χ0v) is 12.2. The van der Waals surface area contributed by atoms with Crippen LogP contribution in [0.3, 0.4) is 0 Å². The lowest BCUT2D eigenvalue weighted by Gasteiger charge is -2.41. The topological polar surface area (TPSA) is 78.4 Å². The minimum atomic E-state index is -0.265. The van der Waals surface area contributed by atoms with E-state index < -0.39 is 0 Å². The number of piperazine rings is 1. The van der Waals surface area contributed by atoms with Crippen molar-refractivity contribution < 1.29 is 9.59 Å². The van der Waals surface area contributed by atoms with Crippen LogP contribution < -0.4 is 10.2 Å². The second-order valence-electron chi connectivity index (χ2n) is 5.51. The maximum absolute atomic E-state index is 12.4. The van der Waals surface area contributed by atoms with Crippen molar-refractivity contribution in [3.05, 3.63) is 17.8 Å². The molecule has 0 aromatic carbocycles. The molecular weight excluding hydrogens is 270 g/mol. The molecule has 0 unspecified atom stereocenters. The van der Waals surface area contributed by atoms with E-state index in [-0.39, 0.29) is 29.6 Å². The van der Waals surface area contributed by atoms with Gasteiger partial charge in [0.2, 0.25) is 5.91 Å². The highest BCUT2D eigenvalue weighted by Gasteiger charge is 2.40. The van der Waals surface area contributed by atoms with Crippen molar-refractivity contribution in [3.8, 4) is 0 Å². The van der Waals surface area contributed by atoms with E-state index in [1.807, 2.05) is 16.7 Å². The van der Waals surface area contributed by atoms with E-state index in [0.29, 0.717) is 5.82 Å². The molecule has 0 bridgehead atoms. The van der Waals surface area contributed by atoms with Gasteiger partial charge < -0.3 is 15.1 Å². The number of hydrogen-bond acceptors (Lipinski definition) is 5. The Morgan fingerprint density at radius 1 is 1.33 bits per heavy atom. The fourth-order valence-corrected chi connectivity index (χ4v) is 3.09. The normalized spacial score (nSPS) is 25.0. The molecule has 2 amide bonds. The van der Waals surface area contributed by atoms with Crippen LogP contribution >= 0.6 is 0 Å². The van der Waals surface area contributed by atoms with Crippen LogP contribution in [0.25, 0.3) is 0 Å². The maximum atomic E-state index is 12.4. The predicted octanol–water partition coefficient (Wildman–Crippen LogP) is 0.0357. The number of hydrogen-bond donors (Lipinski definition) is 1. The molecule has 0 saturated carbocycles. The molecule has 0 radical (unpaired) electrons. The fraction of sp³-hybridized carbons (Fsp3) is 0.571. The van der Waals surface area contributed by atoms with E-state index in [2.05, 4.69) is 15.5 Å². The van der Waals surface area contributed by atoms with Crippen LogP contribution in [-0.4, -0.2) is 59.1 Å². The summed E-state index contributed by atoms with van der Waals surface area (Å²) in [5.74, 6) is 0.537. The third kappa shape index (κ3) is 2.32. The molecular formula is C14H19N5O2. The number of amides is 2. The van der Waals surface area contributed by atoms with Crippen molar-refractivity contribution in [2.75, 3.05) is 25.0 Å². The summed E-state index contributed by atoms with van der Waals surface area (Å²) in [6, 6.07) is 3.43. The van der Waals surface area contributed by atoms with E-state index in [9.17, 15) is 9.59 Å². The summed E-state index contributed by atoms with van der Waals surface area (Å²) in [4.78, 5) is 27.8. The Morgan fingerprint density at radius 3 is 2.81 bits per heavy atom. The van der Waals surface area contributed by atoms with Gasteiger partial charge in [-0.3, -0.25) is 9.59 Å². The van der Waals surface area contributed by atoms with Gasteiger partial charge in [0, 0.05) is 26.2 Å². The largest absolute Gasteiger partial charge is 0.354 e. The Labute approximate surface area is 123 Å². The highest BCUT2D eigenvalue weighted by Crippen LogP contribution is 2.28. The zero-order chi connectivity index (χ0) is 15.0. The SMILES string of the molecule is CNC(=O)c1ccc(N2C[C@@H]3CCCN3C(=O)[C@@H]2C)nn1. The maximum Gasteiger partial charge on any atom is 0.271 e. The first-order valence-electron chi connectivity index (χ1n) is 7.24. The minimum Gasteiger partial charge on any atom is -0.354 e. The Kier molecular flexibility index (Phi) is 3.48. The van der Waals surface area contributed by atoms with Crippen LogP contribution in [0.1, 0.15) is 30.3 Å². The van der Waals surface area contributed by atoms with Crippen molar-refractivity contribution in [1.82, 2.24) is 20.4 Å². The molecule has 1 aromatic rings. The van der Waals surface area contributed by atoms with Crippen molar-refractivity contribution >= 4 is 17.6 Å². The molecule has 2 fully saturated rings. The predicted molar refractivity (Wildman–Crippen MR) is 77.0 cm³/mol. The first-order valence-corrected chi connectivity index (χ1v) is 7.24. The number of carbonyl (C=O) groups excluding carboxylic acids is 2. The summed E-state index contributed by atoms with van der Waals surface area (Å²) in [5, 5.41) is 10.6. The minimum absolute atomic E-state index is 0.154. The lowest BCUT2D eigenvalue weighted by Crippen LogP contribution is -2.59. The van der Waals surface area contributed by atoms with Crippen molar-refractivity contribution in [3.63, 3.8) is 0 Å². The molecule has 2 aliphatic heterocycles. The molecule has 3 heterocycles. The van der Waals surface area contributed by atoms with Gasteiger partial charge in [0.1, 0.15) is 6.04 Å². The summed E-state index contributed by atoms with van der Waals surface area (Å²) in [6.07, 6.45) is 2.11. The van der Waals surface area contributed by atoms with E-state index in [0.717, 1.165) is 25.9 Å². The van der Waals surface area contributed by atoms with E-state index in [4.69, 9.17) is 0 Å². The molecule has 2 atom stereocenters. The second kappa shape index (κ2) is 5.31. The summed E-state index contributed by atoms with van der Waals surface area (Å²) < 4.78 is 0. The van der Waals surface area contributed by atoms with Gasteiger partial charge in [-0.15, -0.1) is 10.2 Å². The van der Waals surface area contributed by atoms with Gasteiger partial charge in [-0.2, -0.15) is 0 Å². The summed E-state index contributed by atoms with van der Waals surface area (Å²) in [6.45, 7) is 3.54. The fourth-order valence-electron chi connectivity index (χ4n) is 3.09. The average molecular weight is 289 g/mol. The van der Waals surface area contributed by atoms with Crippen molar-refractivity contribution in [2.24, 2.45) is 0 Å². The standard InChI is InChI=1S/C14H19N5O2/c1-9-14(21)18-7-3-4-10(18)8-19(9)12-6-5-11(16-17-12)13(20)15-2/h5-6,9-10H,3-4,7-8H2,1-2H3,(H,15,20)/t9-,10-/m0/s1. The Hall–Kier alpha value is -2.18. The van der Waals surface area contributed by atoms with Gasteiger partial charge in [-0.05, 0) is 31.9 Å². The Balaban J connectivity index is 1.82. The lowest BCUT2D eigenvalue weighted by atomic mass is 10.1. The average Bonchev–Trinajstić information content (AvgIpc) is 2.99. The van der Waals surface area contributed by atoms with Crippen LogP contribution in [0.15, 0.2) is 12.1 Å². The van der Waals surface area contributed by atoms with E-state index >= 15 is 0 Å². The molecule has 7 heteroatoms. The monoisotopic (exact) mass is 289 g/mol. The van der Waals surface area contributed by atoms with Gasteiger partial charge in [0.25, 0.3) is 5.91 Å². The van der Waals surface area contributed by atoms with Crippen LogP contribution in [0, 0.1) is 0 Å². The lowest BCUT2D eigenvalue weighted by molar-refractivity contribution is -0.134. The van der Waals surface area contributed by atoms with Gasteiger partial charge in [0.15, 0.2) is 11.5 Å². The van der Waals surface area contributed by atoms with Crippen LogP contribution in [0.2, 0.25) is 0 Å². The van der Waals surface area contributed by atoms with Gasteiger partial charge >= 0.3 is 0 Å². The van der Waals surface area contributed by atoms with Gasteiger partial charge in [0.05, 0.1) is 0 Å². The van der Waals surface area contributed by atoms with E-state index in [1.165, 1.54) is 0 Å².